The molecule has 0 spiro atoms. The number of methoxy groups -OCH3 is 1. The van der Waals surface area contributed by atoms with Crippen LogP contribution in [-0.2, 0) is 16.0 Å². The predicted octanol–water partition coefficient (Wildman–Crippen LogP) is 6.81. The molecular weight excluding hydrogens is 471 g/mol. The average Bonchev–Trinajstić information content (AvgIpc) is 3.49. The maximum atomic E-state index is 15.2. The van der Waals surface area contributed by atoms with E-state index in [4.69, 9.17) is 14.2 Å². The molecule has 2 atom stereocenters. The minimum Gasteiger partial charge on any atom is -0.492 e. The highest BCUT2D eigenvalue weighted by molar-refractivity contribution is 5.97. The van der Waals surface area contributed by atoms with Gasteiger partial charge in [0.2, 0.25) is 0 Å². The Labute approximate surface area is 216 Å². The number of esters is 1. The number of halogens is 1. The Morgan fingerprint density at radius 3 is 2.54 bits per heavy atom. The molecule has 0 saturated heterocycles. The number of Topliss-reactive ketones (excluding diaryl/α,β-unsaturated/α-hetero) is 1. The first kappa shape index (κ1) is 25.0. The largest absolute Gasteiger partial charge is 0.492 e. The number of aryl methyl sites for hydroxylation is 2. The van der Waals surface area contributed by atoms with Crippen molar-refractivity contribution in [2.75, 3.05) is 13.7 Å². The normalized spacial score (nSPS) is 17.6. The first-order valence-electron chi connectivity index (χ1n) is 12.8. The number of benzene rings is 3. The van der Waals surface area contributed by atoms with Crippen LogP contribution in [-0.4, -0.2) is 25.5 Å². The Kier molecular flexibility index (Phi) is 6.76. The Balaban J connectivity index is 1.43. The van der Waals surface area contributed by atoms with Gasteiger partial charge in [-0.2, -0.15) is 0 Å². The lowest BCUT2D eigenvalue weighted by Gasteiger charge is -2.19. The van der Waals surface area contributed by atoms with Crippen LogP contribution in [0.1, 0.15) is 76.4 Å². The zero-order valence-corrected chi connectivity index (χ0v) is 21.7. The summed E-state index contributed by atoms with van der Waals surface area (Å²) < 4.78 is 32.1. The maximum absolute atomic E-state index is 15.2. The second kappa shape index (κ2) is 10.0. The van der Waals surface area contributed by atoms with Gasteiger partial charge in [0.15, 0.2) is 5.78 Å². The van der Waals surface area contributed by atoms with Gasteiger partial charge in [0.25, 0.3) is 0 Å². The molecule has 6 heteroatoms. The molecule has 192 valence electrons. The standard InChI is InChI=1S/C31H31FO5/c1-5-26(33)19-12-17(2)30(18(3)13-19)23-8-10-25(32)31-24(23)9-11-27(31)37-21-6-7-22-20(14-29(34)35-4)16-36-28(22)15-21/h6-8,10,12-13,15,20,27H,5,9,11,14,16H2,1-4H3/t20-,27+/m1/s1. The van der Waals surface area contributed by atoms with Crippen molar-refractivity contribution in [3.8, 4) is 22.6 Å². The summed E-state index contributed by atoms with van der Waals surface area (Å²) in [7, 11) is 1.38. The van der Waals surface area contributed by atoms with E-state index in [1.54, 1.807) is 0 Å². The van der Waals surface area contributed by atoms with Gasteiger partial charge in [-0.05, 0) is 78.8 Å². The minimum absolute atomic E-state index is 0.0470. The number of carbonyl (C=O) groups excluding carboxylic acids is 2. The maximum Gasteiger partial charge on any atom is 0.306 e. The summed E-state index contributed by atoms with van der Waals surface area (Å²) in [4.78, 5) is 24.0. The number of rotatable bonds is 7. The first-order valence-corrected chi connectivity index (χ1v) is 12.8. The van der Waals surface area contributed by atoms with Crippen molar-refractivity contribution in [1.82, 2.24) is 0 Å². The van der Waals surface area contributed by atoms with E-state index in [-0.39, 0.29) is 29.9 Å². The van der Waals surface area contributed by atoms with E-state index in [0.717, 1.165) is 33.4 Å². The molecule has 3 aromatic carbocycles. The SMILES string of the molecule is CCC(=O)c1cc(C)c(-c2ccc(F)c3c2CC[C@@H]3Oc2ccc3c(c2)OC[C@H]3CC(=O)OC)c(C)c1. The highest BCUT2D eigenvalue weighted by Crippen LogP contribution is 2.45. The summed E-state index contributed by atoms with van der Waals surface area (Å²) in [5.41, 5.74) is 7.28. The van der Waals surface area contributed by atoms with Gasteiger partial charge in [-0.25, -0.2) is 4.39 Å². The molecule has 0 aromatic heterocycles. The Morgan fingerprint density at radius 1 is 1.08 bits per heavy atom. The van der Waals surface area contributed by atoms with Gasteiger partial charge in [0.1, 0.15) is 23.4 Å². The van der Waals surface area contributed by atoms with E-state index in [1.807, 2.05) is 57.2 Å². The number of carbonyl (C=O) groups is 2. The number of ketones is 1. The van der Waals surface area contributed by atoms with E-state index in [9.17, 15) is 9.59 Å². The molecule has 1 aliphatic heterocycles. The molecule has 37 heavy (non-hydrogen) atoms. The first-order chi connectivity index (χ1) is 17.8. The summed E-state index contributed by atoms with van der Waals surface area (Å²) in [6, 6.07) is 12.8. The second-order valence-corrected chi connectivity index (χ2v) is 9.88. The highest BCUT2D eigenvalue weighted by Gasteiger charge is 2.32. The van der Waals surface area contributed by atoms with Gasteiger partial charge in [-0.3, -0.25) is 9.59 Å². The van der Waals surface area contributed by atoms with Gasteiger partial charge in [-0.15, -0.1) is 0 Å². The Morgan fingerprint density at radius 2 is 1.84 bits per heavy atom. The Bertz CT molecular complexity index is 1370. The van der Waals surface area contributed by atoms with Gasteiger partial charge < -0.3 is 14.2 Å². The fourth-order valence-corrected chi connectivity index (χ4v) is 5.73. The summed E-state index contributed by atoms with van der Waals surface area (Å²) >= 11 is 0. The molecule has 0 amide bonds. The monoisotopic (exact) mass is 502 g/mol. The van der Waals surface area contributed by atoms with Gasteiger partial charge >= 0.3 is 5.97 Å². The van der Waals surface area contributed by atoms with Crippen LogP contribution in [0.2, 0.25) is 0 Å². The lowest BCUT2D eigenvalue weighted by Crippen LogP contribution is -2.09. The third-order valence-electron chi connectivity index (χ3n) is 7.51. The van der Waals surface area contributed by atoms with Crippen LogP contribution in [0.5, 0.6) is 11.5 Å². The van der Waals surface area contributed by atoms with E-state index < -0.39 is 6.10 Å². The van der Waals surface area contributed by atoms with Crippen molar-refractivity contribution in [3.63, 3.8) is 0 Å². The van der Waals surface area contributed by atoms with E-state index in [2.05, 4.69) is 0 Å². The second-order valence-electron chi connectivity index (χ2n) is 9.88. The summed E-state index contributed by atoms with van der Waals surface area (Å²) in [5.74, 6) is 0.819. The number of hydrogen-bond donors (Lipinski definition) is 0. The third kappa shape index (κ3) is 4.61. The topological polar surface area (TPSA) is 61.8 Å². The summed E-state index contributed by atoms with van der Waals surface area (Å²) in [6.45, 7) is 6.29. The van der Waals surface area contributed by atoms with Crippen LogP contribution < -0.4 is 9.47 Å². The predicted molar refractivity (Wildman–Crippen MR) is 139 cm³/mol. The number of fused-ring (bicyclic) bond motifs is 2. The van der Waals surface area contributed by atoms with Gasteiger partial charge in [0.05, 0.1) is 20.1 Å². The smallest absolute Gasteiger partial charge is 0.306 e. The van der Waals surface area contributed by atoms with Crippen LogP contribution >= 0.6 is 0 Å². The molecule has 1 aliphatic carbocycles. The molecule has 0 bridgehead atoms. The third-order valence-corrected chi connectivity index (χ3v) is 7.51. The summed E-state index contributed by atoms with van der Waals surface area (Å²) in [5, 5.41) is 0. The number of hydrogen-bond acceptors (Lipinski definition) is 5. The molecule has 5 rings (SSSR count). The van der Waals surface area contributed by atoms with Crippen molar-refractivity contribution in [1.29, 1.82) is 0 Å². The van der Waals surface area contributed by atoms with Crippen molar-refractivity contribution in [3.05, 3.63) is 81.7 Å². The number of ether oxygens (including phenoxy) is 3. The lowest BCUT2D eigenvalue weighted by atomic mass is 9.88. The van der Waals surface area contributed by atoms with Crippen molar-refractivity contribution in [2.24, 2.45) is 0 Å². The molecule has 0 N–H and O–H groups in total. The molecule has 0 unspecified atom stereocenters. The highest BCUT2D eigenvalue weighted by atomic mass is 19.1. The van der Waals surface area contributed by atoms with Gasteiger partial charge in [0, 0.05) is 35.1 Å². The van der Waals surface area contributed by atoms with E-state index in [1.165, 1.54) is 13.2 Å². The van der Waals surface area contributed by atoms with Crippen molar-refractivity contribution >= 4 is 11.8 Å². The fraction of sp³-hybridized carbons (Fsp3) is 0.355. The fourth-order valence-electron chi connectivity index (χ4n) is 5.73. The van der Waals surface area contributed by atoms with Crippen molar-refractivity contribution in [2.45, 2.75) is 58.5 Å². The molecule has 0 fully saturated rings. The Hall–Kier alpha value is -3.67. The average molecular weight is 503 g/mol. The van der Waals surface area contributed by atoms with Crippen LogP contribution in [0.15, 0.2) is 42.5 Å². The van der Waals surface area contributed by atoms with Crippen LogP contribution in [0.4, 0.5) is 4.39 Å². The zero-order valence-electron chi connectivity index (χ0n) is 21.7. The van der Waals surface area contributed by atoms with E-state index >= 15 is 4.39 Å². The van der Waals surface area contributed by atoms with Gasteiger partial charge in [-0.1, -0.05) is 19.1 Å². The molecule has 5 nitrogen and oxygen atoms in total. The lowest BCUT2D eigenvalue weighted by molar-refractivity contribution is -0.141. The quantitative estimate of drug-likeness (QED) is 0.262. The zero-order chi connectivity index (χ0) is 26.3. The molecular formula is C31H31FO5. The summed E-state index contributed by atoms with van der Waals surface area (Å²) in [6.07, 6.45) is 1.67. The van der Waals surface area contributed by atoms with Crippen LogP contribution in [0.3, 0.4) is 0 Å². The molecule has 0 radical (unpaired) electrons. The minimum atomic E-state index is -0.415. The molecule has 0 saturated carbocycles. The molecule has 3 aromatic rings. The van der Waals surface area contributed by atoms with Crippen molar-refractivity contribution < 1.29 is 28.2 Å². The molecule has 1 heterocycles. The van der Waals surface area contributed by atoms with Crippen LogP contribution in [0.25, 0.3) is 11.1 Å². The molecule has 2 aliphatic rings. The van der Waals surface area contributed by atoms with Crippen LogP contribution in [0, 0.1) is 19.7 Å². The van der Waals surface area contributed by atoms with E-state index in [0.29, 0.717) is 48.5 Å².